The second-order valence-corrected chi connectivity index (χ2v) is 3.99. The lowest BCUT2D eigenvalue weighted by atomic mass is 10.2. The van der Waals surface area contributed by atoms with E-state index in [0.717, 1.165) is 0 Å². The third-order valence-corrected chi connectivity index (χ3v) is 2.82. The lowest BCUT2D eigenvalue weighted by Gasteiger charge is -2.03. The third kappa shape index (κ3) is 4.57. The van der Waals surface area contributed by atoms with E-state index in [0.29, 0.717) is 30.2 Å². The van der Waals surface area contributed by atoms with E-state index < -0.39 is 0 Å². The fourth-order valence-electron chi connectivity index (χ4n) is 1.18. The Morgan fingerprint density at radius 1 is 1.65 bits per heavy atom. The summed E-state index contributed by atoms with van der Waals surface area (Å²) in [6.07, 6.45) is 0. The summed E-state index contributed by atoms with van der Waals surface area (Å²) in [6.45, 7) is 3.33. The molecular weight excluding hydrogens is 238 g/mol. The average Bonchev–Trinajstić information content (AvgIpc) is 2.80. The maximum absolute atomic E-state index is 11.8. The maximum atomic E-state index is 11.8. The van der Waals surface area contributed by atoms with Gasteiger partial charge < -0.3 is 15.2 Å². The Labute approximate surface area is 105 Å². The number of ether oxygens (including phenoxy) is 1. The van der Waals surface area contributed by atoms with Crippen molar-refractivity contribution in [3.63, 3.8) is 0 Å². The summed E-state index contributed by atoms with van der Waals surface area (Å²) in [6, 6.07) is 1.77. The summed E-state index contributed by atoms with van der Waals surface area (Å²) < 4.78 is 5.12. The minimum absolute atomic E-state index is 0.151. The highest BCUT2D eigenvalue weighted by molar-refractivity contribution is 7.12. The average molecular weight is 253 g/mol. The highest BCUT2D eigenvalue weighted by atomic mass is 32.1. The van der Waals surface area contributed by atoms with Crippen LogP contribution in [0, 0.1) is 11.8 Å². The standard InChI is InChI=1S/C12H15NO3S/c1-2-16-8-6-13-12(15)11-10(4-3-7-14)5-9-17-11/h5,9,14H,2,6-8H2,1H3,(H,13,15). The molecule has 2 N–H and O–H groups in total. The van der Waals surface area contributed by atoms with E-state index in [-0.39, 0.29) is 12.5 Å². The molecule has 0 atom stereocenters. The smallest absolute Gasteiger partial charge is 0.262 e. The zero-order chi connectivity index (χ0) is 12.5. The molecule has 0 bridgehead atoms. The Morgan fingerprint density at radius 3 is 3.18 bits per heavy atom. The summed E-state index contributed by atoms with van der Waals surface area (Å²) in [5.41, 5.74) is 0.651. The van der Waals surface area contributed by atoms with Crippen LogP contribution < -0.4 is 5.32 Å². The van der Waals surface area contributed by atoms with E-state index in [2.05, 4.69) is 17.2 Å². The predicted molar refractivity (Wildman–Crippen MR) is 67.1 cm³/mol. The van der Waals surface area contributed by atoms with E-state index in [4.69, 9.17) is 9.84 Å². The van der Waals surface area contributed by atoms with Crippen molar-refractivity contribution in [1.82, 2.24) is 5.32 Å². The van der Waals surface area contributed by atoms with Crippen molar-refractivity contribution in [2.75, 3.05) is 26.4 Å². The van der Waals surface area contributed by atoms with Crippen molar-refractivity contribution < 1.29 is 14.6 Å². The molecule has 0 radical (unpaired) electrons. The van der Waals surface area contributed by atoms with Crippen LogP contribution in [0.4, 0.5) is 0 Å². The largest absolute Gasteiger partial charge is 0.384 e. The predicted octanol–water partition coefficient (Wildman–Crippen LogP) is 0.858. The molecule has 1 aromatic rings. The molecule has 0 saturated heterocycles. The van der Waals surface area contributed by atoms with Gasteiger partial charge in [0.25, 0.3) is 5.91 Å². The molecule has 0 aromatic carbocycles. The number of amides is 1. The van der Waals surface area contributed by atoms with Crippen LogP contribution in [0.5, 0.6) is 0 Å². The Balaban J connectivity index is 2.54. The zero-order valence-electron chi connectivity index (χ0n) is 9.66. The van der Waals surface area contributed by atoms with Crippen molar-refractivity contribution in [3.8, 4) is 11.8 Å². The van der Waals surface area contributed by atoms with Crippen LogP contribution in [-0.4, -0.2) is 37.4 Å². The molecule has 4 nitrogen and oxygen atoms in total. The first-order chi connectivity index (χ1) is 8.29. The van der Waals surface area contributed by atoms with Gasteiger partial charge in [-0.15, -0.1) is 11.3 Å². The number of carbonyl (C=O) groups excluding carboxylic acids is 1. The summed E-state index contributed by atoms with van der Waals surface area (Å²) >= 11 is 1.33. The Bertz CT molecular complexity index is 417. The number of aliphatic hydroxyl groups excluding tert-OH is 1. The fourth-order valence-corrected chi connectivity index (χ4v) is 1.95. The van der Waals surface area contributed by atoms with E-state index in [9.17, 15) is 4.79 Å². The van der Waals surface area contributed by atoms with Gasteiger partial charge in [0.2, 0.25) is 0 Å². The molecule has 1 amide bonds. The maximum Gasteiger partial charge on any atom is 0.262 e. The molecule has 0 spiro atoms. The second-order valence-electron chi connectivity index (χ2n) is 3.08. The second kappa shape index (κ2) is 7.85. The van der Waals surface area contributed by atoms with Gasteiger partial charge in [0.15, 0.2) is 0 Å². The number of rotatable bonds is 5. The summed E-state index contributed by atoms with van der Waals surface area (Å²) in [4.78, 5) is 12.3. The minimum atomic E-state index is -0.207. The molecule has 17 heavy (non-hydrogen) atoms. The zero-order valence-corrected chi connectivity index (χ0v) is 10.5. The highest BCUT2D eigenvalue weighted by Gasteiger charge is 2.10. The van der Waals surface area contributed by atoms with E-state index >= 15 is 0 Å². The lowest BCUT2D eigenvalue weighted by Crippen LogP contribution is -2.27. The Kier molecular flexibility index (Phi) is 6.33. The van der Waals surface area contributed by atoms with Gasteiger partial charge in [0.05, 0.1) is 6.61 Å². The van der Waals surface area contributed by atoms with Crippen molar-refractivity contribution in [1.29, 1.82) is 0 Å². The van der Waals surface area contributed by atoms with Crippen LogP contribution in [-0.2, 0) is 4.74 Å². The van der Waals surface area contributed by atoms with E-state index in [1.54, 1.807) is 11.4 Å². The molecule has 0 aliphatic rings. The number of hydrogen-bond donors (Lipinski definition) is 2. The summed E-state index contributed by atoms with van der Waals surface area (Å²) in [7, 11) is 0. The van der Waals surface area contributed by atoms with Crippen LogP contribution in [0.15, 0.2) is 11.4 Å². The van der Waals surface area contributed by atoms with Crippen molar-refractivity contribution in [3.05, 3.63) is 21.9 Å². The summed E-state index contributed by atoms with van der Waals surface area (Å²) in [5, 5.41) is 13.2. The molecule has 1 rings (SSSR count). The van der Waals surface area contributed by atoms with Gasteiger partial charge in [-0.3, -0.25) is 4.79 Å². The molecule has 5 heteroatoms. The van der Waals surface area contributed by atoms with Gasteiger partial charge in [-0.1, -0.05) is 11.8 Å². The number of hydrogen-bond acceptors (Lipinski definition) is 4. The van der Waals surface area contributed by atoms with Gasteiger partial charge in [-0.2, -0.15) is 0 Å². The topological polar surface area (TPSA) is 58.6 Å². The molecule has 0 unspecified atom stereocenters. The number of nitrogens with one attached hydrogen (secondary N) is 1. The summed E-state index contributed by atoms with van der Waals surface area (Å²) in [5.74, 6) is 5.12. The first-order valence-electron chi connectivity index (χ1n) is 5.32. The van der Waals surface area contributed by atoms with Gasteiger partial charge >= 0.3 is 0 Å². The molecule has 92 valence electrons. The normalized spacial score (nSPS) is 9.53. The monoisotopic (exact) mass is 253 g/mol. The van der Waals surface area contributed by atoms with E-state index in [1.807, 2.05) is 6.92 Å². The fraction of sp³-hybridized carbons (Fsp3) is 0.417. The number of carbonyl (C=O) groups is 1. The molecule has 0 aliphatic heterocycles. The molecule has 0 fully saturated rings. The van der Waals surface area contributed by atoms with Crippen molar-refractivity contribution >= 4 is 17.2 Å². The van der Waals surface area contributed by atoms with Crippen LogP contribution in [0.1, 0.15) is 22.2 Å². The van der Waals surface area contributed by atoms with Crippen LogP contribution >= 0.6 is 11.3 Å². The Hall–Kier alpha value is -1.35. The molecule has 1 aromatic heterocycles. The molecule has 0 aliphatic carbocycles. The van der Waals surface area contributed by atoms with Gasteiger partial charge in [0, 0.05) is 18.7 Å². The van der Waals surface area contributed by atoms with Crippen LogP contribution in [0.25, 0.3) is 0 Å². The minimum Gasteiger partial charge on any atom is -0.384 e. The lowest BCUT2D eigenvalue weighted by molar-refractivity contribution is 0.0926. The molecular formula is C12H15NO3S. The van der Waals surface area contributed by atoms with Gasteiger partial charge in [0.1, 0.15) is 11.5 Å². The Morgan fingerprint density at radius 2 is 2.47 bits per heavy atom. The van der Waals surface area contributed by atoms with Crippen LogP contribution in [0.2, 0.25) is 0 Å². The highest BCUT2D eigenvalue weighted by Crippen LogP contribution is 2.15. The molecule has 0 saturated carbocycles. The SMILES string of the molecule is CCOCCNC(=O)c1sccc1C#CCO. The molecule has 1 heterocycles. The van der Waals surface area contributed by atoms with Gasteiger partial charge in [-0.25, -0.2) is 0 Å². The van der Waals surface area contributed by atoms with E-state index in [1.165, 1.54) is 11.3 Å². The quantitative estimate of drug-likeness (QED) is 0.604. The number of aliphatic hydroxyl groups is 1. The number of thiophene rings is 1. The first kappa shape index (κ1) is 13.7. The van der Waals surface area contributed by atoms with Crippen molar-refractivity contribution in [2.45, 2.75) is 6.92 Å². The third-order valence-electron chi connectivity index (χ3n) is 1.91. The van der Waals surface area contributed by atoms with Gasteiger partial charge in [-0.05, 0) is 18.4 Å². The van der Waals surface area contributed by atoms with Crippen molar-refractivity contribution in [2.24, 2.45) is 0 Å². The first-order valence-corrected chi connectivity index (χ1v) is 6.20. The van der Waals surface area contributed by atoms with Crippen LogP contribution in [0.3, 0.4) is 0 Å².